The summed E-state index contributed by atoms with van der Waals surface area (Å²) in [6.45, 7) is 0.790. The quantitative estimate of drug-likeness (QED) is 0.830. The van der Waals surface area contributed by atoms with Gasteiger partial charge in [0.1, 0.15) is 0 Å². The molecule has 0 saturated heterocycles. The smallest absolute Gasteiger partial charge is 0.335 e. The lowest BCUT2D eigenvalue weighted by Gasteiger charge is -2.06. The molecule has 0 unspecified atom stereocenters. The summed E-state index contributed by atoms with van der Waals surface area (Å²) in [5.41, 5.74) is 2.41. The van der Waals surface area contributed by atoms with Crippen LogP contribution in [0.3, 0.4) is 0 Å². The number of nitrogens with one attached hydrogen (secondary N) is 1. The van der Waals surface area contributed by atoms with Crippen LogP contribution >= 0.6 is 0 Å². The van der Waals surface area contributed by atoms with Crippen LogP contribution in [0.2, 0.25) is 0 Å². The molecule has 1 aromatic carbocycles. The Kier molecular flexibility index (Phi) is 3.75. The molecule has 0 atom stereocenters. The first-order chi connectivity index (χ1) is 10.7. The van der Waals surface area contributed by atoms with E-state index in [1.165, 1.54) is 0 Å². The zero-order chi connectivity index (χ0) is 15.4. The molecule has 0 aliphatic carbocycles. The van der Waals surface area contributed by atoms with Crippen molar-refractivity contribution in [2.75, 3.05) is 6.54 Å². The number of aromatic nitrogens is 2. The van der Waals surface area contributed by atoms with Crippen molar-refractivity contribution < 1.29 is 9.90 Å². The molecule has 2 aromatic rings. The van der Waals surface area contributed by atoms with Crippen molar-refractivity contribution in [3.8, 4) is 17.5 Å². The van der Waals surface area contributed by atoms with Gasteiger partial charge in [-0.15, -0.1) is 0 Å². The second-order valence-electron chi connectivity index (χ2n) is 4.65. The third kappa shape index (κ3) is 2.91. The summed E-state index contributed by atoms with van der Waals surface area (Å²) in [7, 11) is 0. The molecule has 0 amide bonds. The Morgan fingerprint density at radius 1 is 1.36 bits per heavy atom. The Balaban J connectivity index is 2.05. The van der Waals surface area contributed by atoms with Gasteiger partial charge >= 0.3 is 5.97 Å². The molecule has 3 rings (SSSR count). The monoisotopic (exact) mass is 291 g/mol. The van der Waals surface area contributed by atoms with Crippen LogP contribution < -0.4 is 5.32 Å². The van der Waals surface area contributed by atoms with E-state index < -0.39 is 5.97 Å². The Morgan fingerprint density at radius 2 is 2.27 bits per heavy atom. The van der Waals surface area contributed by atoms with Crippen LogP contribution in [0, 0.1) is 11.8 Å². The minimum Gasteiger partial charge on any atom is -0.478 e. The third-order valence-corrected chi connectivity index (χ3v) is 3.13. The summed E-state index contributed by atoms with van der Waals surface area (Å²) in [5, 5.41) is 16.4. The van der Waals surface area contributed by atoms with Crippen molar-refractivity contribution in [3.05, 3.63) is 71.7 Å². The number of carboxylic acid groups (broad SMARTS) is 1. The molecule has 2 N–H and O–H groups in total. The maximum Gasteiger partial charge on any atom is 0.335 e. The van der Waals surface area contributed by atoms with Gasteiger partial charge < -0.3 is 10.4 Å². The van der Waals surface area contributed by atoms with Crippen molar-refractivity contribution in [2.24, 2.45) is 0 Å². The minimum atomic E-state index is -0.978. The zero-order valence-corrected chi connectivity index (χ0v) is 11.7. The number of hydrogen-bond acceptors (Lipinski definition) is 3. The number of dihydropyridines is 1. The van der Waals surface area contributed by atoms with Gasteiger partial charge in [-0.3, -0.25) is 0 Å². The van der Waals surface area contributed by atoms with Crippen LogP contribution in [-0.4, -0.2) is 27.4 Å². The van der Waals surface area contributed by atoms with Crippen LogP contribution in [-0.2, 0) is 0 Å². The first-order valence-corrected chi connectivity index (χ1v) is 6.73. The van der Waals surface area contributed by atoms with Crippen molar-refractivity contribution in [2.45, 2.75) is 0 Å². The number of aromatic carboxylic acids is 1. The number of allylic oxidation sites excluding steroid dienone is 2. The van der Waals surface area contributed by atoms with Crippen molar-refractivity contribution >= 4 is 5.97 Å². The number of nitrogens with zero attached hydrogens (tertiary/aromatic N) is 2. The van der Waals surface area contributed by atoms with Gasteiger partial charge in [0.05, 0.1) is 16.8 Å². The largest absolute Gasteiger partial charge is 0.478 e. The van der Waals surface area contributed by atoms with Gasteiger partial charge in [-0.2, -0.15) is 5.10 Å². The van der Waals surface area contributed by atoms with Crippen LogP contribution in [0.25, 0.3) is 5.69 Å². The molecule has 0 radical (unpaired) electrons. The highest BCUT2D eigenvalue weighted by molar-refractivity contribution is 5.88. The van der Waals surface area contributed by atoms with Crippen LogP contribution in [0.1, 0.15) is 15.9 Å². The third-order valence-electron chi connectivity index (χ3n) is 3.13. The van der Waals surface area contributed by atoms with E-state index in [-0.39, 0.29) is 5.56 Å². The SMILES string of the molecule is O=C(O)c1ccc(-n2cccn2)c(C#CC2=CNCC=C2)c1. The van der Waals surface area contributed by atoms with E-state index in [0.29, 0.717) is 5.56 Å². The van der Waals surface area contributed by atoms with E-state index in [2.05, 4.69) is 22.3 Å². The Hall–Kier alpha value is -3.26. The van der Waals surface area contributed by atoms with Crippen LogP contribution in [0.15, 0.2) is 60.6 Å². The summed E-state index contributed by atoms with van der Waals surface area (Å²) in [5.74, 6) is 5.09. The molecule has 0 spiro atoms. The van der Waals surface area contributed by atoms with Gasteiger partial charge in [0.25, 0.3) is 0 Å². The second-order valence-corrected chi connectivity index (χ2v) is 4.65. The lowest BCUT2D eigenvalue weighted by atomic mass is 10.1. The molecule has 0 fully saturated rings. The first-order valence-electron chi connectivity index (χ1n) is 6.73. The molecule has 0 bridgehead atoms. The molecule has 1 aliphatic rings. The van der Waals surface area contributed by atoms with Crippen LogP contribution in [0.4, 0.5) is 0 Å². The van der Waals surface area contributed by atoms with Gasteiger partial charge in [-0.1, -0.05) is 17.9 Å². The molecule has 1 aromatic heterocycles. The predicted octanol–water partition coefficient (Wildman–Crippen LogP) is 1.97. The second kappa shape index (κ2) is 6.02. The van der Waals surface area contributed by atoms with E-state index in [1.807, 2.05) is 18.4 Å². The van der Waals surface area contributed by atoms with E-state index in [9.17, 15) is 4.79 Å². The fourth-order valence-electron chi connectivity index (χ4n) is 2.07. The molecule has 1 aliphatic heterocycles. The standard InChI is InChI=1S/C17H13N3O2/c21-17(22)15-6-7-16(20-10-2-9-19-20)14(11-15)5-4-13-3-1-8-18-12-13/h1-3,6-7,9-12,18H,8H2,(H,21,22). The molecular formula is C17H13N3O2. The van der Waals surface area contributed by atoms with E-state index >= 15 is 0 Å². The summed E-state index contributed by atoms with van der Waals surface area (Å²) >= 11 is 0. The summed E-state index contributed by atoms with van der Waals surface area (Å²) in [6, 6.07) is 6.63. The van der Waals surface area contributed by atoms with E-state index in [0.717, 1.165) is 17.8 Å². The molecule has 0 saturated carbocycles. The van der Waals surface area contributed by atoms with Crippen molar-refractivity contribution in [3.63, 3.8) is 0 Å². The molecule has 5 heteroatoms. The maximum absolute atomic E-state index is 11.2. The molecular weight excluding hydrogens is 278 g/mol. The van der Waals surface area contributed by atoms with Gasteiger partial charge in [-0.05, 0) is 30.3 Å². The predicted molar refractivity (Wildman–Crippen MR) is 82.6 cm³/mol. The fraction of sp³-hybridized carbons (Fsp3) is 0.0588. The molecule has 108 valence electrons. The Morgan fingerprint density at radius 3 is 2.95 bits per heavy atom. The molecule has 5 nitrogen and oxygen atoms in total. The summed E-state index contributed by atoms with van der Waals surface area (Å²) in [4.78, 5) is 11.2. The van der Waals surface area contributed by atoms with Crippen molar-refractivity contribution in [1.29, 1.82) is 0 Å². The van der Waals surface area contributed by atoms with Gasteiger partial charge in [0.15, 0.2) is 0 Å². The minimum absolute atomic E-state index is 0.200. The highest BCUT2D eigenvalue weighted by Gasteiger charge is 2.09. The fourth-order valence-corrected chi connectivity index (χ4v) is 2.07. The van der Waals surface area contributed by atoms with Crippen molar-refractivity contribution in [1.82, 2.24) is 15.1 Å². The van der Waals surface area contributed by atoms with Crippen LogP contribution in [0.5, 0.6) is 0 Å². The number of carboxylic acids is 1. The number of carbonyl (C=O) groups is 1. The lowest BCUT2D eigenvalue weighted by Crippen LogP contribution is -2.08. The van der Waals surface area contributed by atoms with Gasteiger partial charge in [0.2, 0.25) is 0 Å². The van der Waals surface area contributed by atoms with Gasteiger partial charge in [0, 0.05) is 30.7 Å². The normalized spacial score (nSPS) is 12.8. The Bertz CT molecular complexity index is 821. The first kappa shape index (κ1) is 13.7. The molecule has 2 heterocycles. The van der Waals surface area contributed by atoms with E-state index in [1.54, 1.807) is 41.3 Å². The lowest BCUT2D eigenvalue weighted by molar-refractivity contribution is 0.0697. The Labute approximate surface area is 127 Å². The number of rotatable bonds is 2. The summed E-state index contributed by atoms with van der Waals surface area (Å²) in [6.07, 6.45) is 9.20. The maximum atomic E-state index is 11.2. The highest BCUT2D eigenvalue weighted by atomic mass is 16.4. The average molecular weight is 291 g/mol. The zero-order valence-electron chi connectivity index (χ0n) is 11.7. The highest BCUT2D eigenvalue weighted by Crippen LogP contribution is 2.16. The number of hydrogen-bond donors (Lipinski definition) is 2. The average Bonchev–Trinajstić information content (AvgIpc) is 3.08. The summed E-state index contributed by atoms with van der Waals surface area (Å²) < 4.78 is 1.67. The number of benzene rings is 1. The topological polar surface area (TPSA) is 67.1 Å². The van der Waals surface area contributed by atoms with Gasteiger partial charge in [-0.25, -0.2) is 9.48 Å². The van der Waals surface area contributed by atoms with E-state index in [4.69, 9.17) is 5.11 Å². The molecule has 22 heavy (non-hydrogen) atoms.